The summed E-state index contributed by atoms with van der Waals surface area (Å²) in [6.07, 6.45) is 8.02. The van der Waals surface area contributed by atoms with Gasteiger partial charge < -0.3 is 25.1 Å². The molecule has 1 aliphatic heterocycles. The molecule has 44 heavy (non-hydrogen) atoms. The minimum absolute atomic E-state index is 0.0118. The van der Waals surface area contributed by atoms with Crippen molar-refractivity contribution in [2.24, 2.45) is 11.6 Å². The molecule has 3 aromatic carbocycles. The molecule has 10 heteroatoms. The van der Waals surface area contributed by atoms with Crippen molar-refractivity contribution >= 4 is 6.03 Å². The van der Waals surface area contributed by atoms with Crippen LogP contribution < -0.4 is 16.3 Å². The van der Waals surface area contributed by atoms with Gasteiger partial charge in [-0.05, 0) is 66.5 Å². The van der Waals surface area contributed by atoms with E-state index < -0.39 is 0 Å². The monoisotopic (exact) mass is 595 g/mol. The van der Waals surface area contributed by atoms with E-state index in [2.05, 4.69) is 34.5 Å². The molecule has 230 valence electrons. The number of methoxy groups -OCH3 is 1. The van der Waals surface area contributed by atoms with Crippen LogP contribution in [0.15, 0.2) is 90.9 Å². The summed E-state index contributed by atoms with van der Waals surface area (Å²) in [4.78, 5) is 16.7. The highest BCUT2D eigenvalue weighted by atomic mass is 16.5. The van der Waals surface area contributed by atoms with Gasteiger partial charge in [0.2, 0.25) is 0 Å². The van der Waals surface area contributed by atoms with Crippen molar-refractivity contribution in [2.45, 2.75) is 38.1 Å². The first-order valence-electron chi connectivity index (χ1n) is 15.0. The van der Waals surface area contributed by atoms with Gasteiger partial charge in [0.05, 0.1) is 31.7 Å². The van der Waals surface area contributed by atoms with E-state index in [0.29, 0.717) is 31.1 Å². The Morgan fingerprint density at radius 2 is 1.68 bits per heavy atom. The van der Waals surface area contributed by atoms with Crippen molar-refractivity contribution in [3.05, 3.63) is 102 Å². The second kappa shape index (κ2) is 14.7. The van der Waals surface area contributed by atoms with Gasteiger partial charge in [0, 0.05) is 32.0 Å². The lowest BCUT2D eigenvalue weighted by molar-refractivity contribution is 0.147. The fraction of sp³-hybridized carbons (Fsp3) is 0.324. The van der Waals surface area contributed by atoms with Crippen LogP contribution in [0.1, 0.15) is 42.9 Å². The van der Waals surface area contributed by atoms with E-state index in [9.17, 15) is 4.79 Å². The van der Waals surface area contributed by atoms with Crippen LogP contribution >= 0.6 is 0 Å². The number of carbonyl (C=O) groups is 1. The molecule has 0 radical (unpaired) electrons. The van der Waals surface area contributed by atoms with E-state index in [0.717, 1.165) is 60.1 Å². The van der Waals surface area contributed by atoms with Crippen molar-refractivity contribution < 1.29 is 14.3 Å². The van der Waals surface area contributed by atoms with Crippen LogP contribution in [0.4, 0.5) is 4.79 Å². The Labute approximate surface area is 258 Å². The quantitative estimate of drug-likeness (QED) is 0.135. The first-order valence-corrected chi connectivity index (χ1v) is 15.0. The first kappa shape index (κ1) is 30.8. The van der Waals surface area contributed by atoms with Crippen LogP contribution in [-0.2, 0) is 11.2 Å². The zero-order valence-corrected chi connectivity index (χ0v) is 25.4. The van der Waals surface area contributed by atoms with Gasteiger partial charge in [0.15, 0.2) is 0 Å². The SMILES string of the molecule is COc1ccc(-c2ccc(-c3cnn(C(=O)N4CCCCC4c4ccc(CCCOC/C(N)=C/N(C)N)cc4)n3)cc2)cc1. The molecule has 1 fully saturated rings. The number of amides is 1. The van der Waals surface area contributed by atoms with Gasteiger partial charge in [0.25, 0.3) is 0 Å². The van der Waals surface area contributed by atoms with Gasteiger partial charge in [-0.3, -0.25) is 0 Å². The number of carbonyl (C=O) groups excluding carboxylic acids is 1. The summed E-state index contributed by atoms with van der Waals surface area (Å²) in [5, 5.41) is 10.3. The Bertz CT molecular complexity index is 1530. The number of hydrogen-bond acceptors (Lipinski definition) is 8. The molecule has 1 atom stereocenters. The summed E-state index contributed by atoms with van der Waals surface area (Å²) >= 11 is 0. The van der Waals surface area contributed by atoms with E-state index in [4.69, 9.17) is 21.1 Å². The molecule has 1 aromatic heterocycles. The minimum Gasteiger partial charge on any atom is -0.497 e. The van der Waals surface area contributed by atoms with Crippen molar-refractivity contribution in [3.8, 4) is 28.1 Å². The maximum atomic E-state index is 13.6. The summed E-state index contributed by atoms with van der Waals surface area (Å²) in [6.45, 7) is 1.64. The average molecular weight is 596 g/mol. The topological polar surface area (TPSA) is 125 Å². The number of ether oxygens (including phenoxy) is 2. The fourth-order valence-electron chi connectivity index (χ4n) is 5.50. The summed E-state index contributed by atoms with van der Waals surface area (Å²) in [6, 6.07) is 24.4. The molecule has 1 amide bonds. The van der Waals surface area contributed by atoms with Gasteiger partial charge in [-0.2, -0.15) is 5.10 Å². The van der Waals surface area contributed by atoms with E-state index in [1.54, 1.807) is 26.6 Å². The van der Waals surface area contributed by atoms with Crippen molar-refractivity contribution in [1.82, 2.24) is 24.9 Å². The van der Waals surface area contributed by atoms with E-state index in [1.807, 2.05) is 53.4 Å². The van der Waals surface area contributed by atoms with Gasteiger partial charge in [-0.25, -0.2) is 10.6 Å². The van der Waals surface area contributed by atoms with Crippen LogP contribution in [0.2, 0.25) is 0 Å². The molecule has 1 aliphatic rings. The van der Waals surface area contributed by atoms with Gasteiger partial charge >= 0.3 is 6.03 Å². The van der Waals surface area contributed by atoms with Crippen LogP contribution in [0.25, 0.3) is 22.4 Å². The van der Waals surface area contributed by atoms with E-state index >= 15 is 0 Å². The van der Waals surface area contributed by atoms with Crippen LogP contribution in [0, 0.1) is 0 Å². The Hall–Kier alpha value is -4.67. The zero-order valence-electron chi connectivity index (χ0n) is 25.4. The normalized spacial score (nSPS) is 15.3. The van der Waals surface area contributed by atoms with Crippen molar-refractivity contribution in [3.63, 3.8) is 0 Å². The lowest BCUT2D eigenvalue weighted by Gasteiger charge is -2.35. The molecule has 0 spiro atoms. The predicted octanol–water partition coefficient (Wildman–Crippen LogP) is 5.37. The number of nitrogens with zero attached hydrogens (tertiary/aromatic N) is 5. The molecule has 1 saturated heterocycles. The smallest absolute Gasteiger partial charge is 0.362 e. The van der Waals surface area contributed by atoms with Gasteiger partial charge in [-0.15, -0.1) is 5.10 Å². The van der Waals surface area contributed by atoms with Crippen LogP contribution in [-0.4, -0.2) is 64.8 Å². The number of piperidine rings is 1. The maximum Gasteiger partial charge on any atom is 0.362 e. The Balaban J connectivity index is 1.18. The highest BCUT2D eigenvalue weighted by Gasteiger charge is 2.30. The molecule has 5 rings (SSSR count). The Kier molecular flexibility index (Phi) is 10.3. The van der Waals surface area contributed by atoms with Crippen molar-refractivity contribution in [1.29, 1.82) is 0 Å². The summed E-state index contributed by atoms with van der Waals surface area (Å²) < 4.78 is 10.9. The number of benzene rings is 3. The lowest BCUT2D eigenvalue weighted by atomic mass is 9.94. The first-order chi connectivity index (χ1) is 21.4. The molecule has 4 N–H and O–H groups in total. The summed E-state index contributed by atoms with van der Waals surface area (Å²) in [7, 11) is 3.38. The second-order valence-corrected chi connectivity index (χ2v) is 11.1. The molecule has 1 unspecified atom stereocenters. The minimum atomic E-state index is -0.203. The lowest BCUT2D eigenvalue weighted by Crippen LogP contribution is -2.41. The largest absolute Gasteiger partial charge is 0.497 e. The van der Waals surface area contributed by atoms with Crippen LogP contribution in [0.3, 0.4) is 0 Å². The third kappa shape index (κ3) is 7.83. The van der Waals surface area contributed by atoms with E-state index in [1.165, 1.54) is 15.4 Å². The molecule has 2 heterocycles. The summed E-state index contributed by atoms with van der Waals surface area (Å²) in [5.41, 5.74) is 12.6. The molecular weight excluding hydrogens is 554 g/mol. The number of hydrogen-bond donors (Lipinski definition) is 2. The average Bonchev–Trinajstić information content (AvgIpc) is 3.55. The maximum absolute atomic E-state index is 13.6. The molecule has 10 nitrogen and oxygen atoms in total. The highest BCUT2D eigenvalue weighted by molar-refractivity contribution is 5.76. The molecule has 0 saturated carbocycles. The predicted molar refractivity (Wildman–Crippen MR) is 171 cm³/mol. The molecule has 0 aliphatic carbocycles. The van der Waals surface area contributed by atoms with Crippen molar-refractivity contribution in [2.75, 3.05) is 33.9 Å². The van der Waals surface area contributed by atoms with Gasteiger partial charge in [-0.1, -0.05) is 65.5 Å². The summed E-state index contributed by atoms with van der Waals surface area (Å²) in [5.74, 6) is 6.38. The zero-order chi connectivity index (χ0) is 30.9. The number of aromatic nitrogens is 3. The molecule has 0 bridgehead atoms. The molecular formula is C34H41N7O3. The number of aryl methyl sites for hydroxylation is 1. The standard InChI is InChI=1S/C34H41N7O3/c1-39(36)23-30(35)24-44-21-5-6-25-8-10-29(11-9-25)33-7-3-4-20-40(33)34(42)41-37-22-32(38-41)28-14-12-26(13-15-28)27-16-18-31(43-2)19-17-27/h8-19,22-23,33H,3-7,20-21,24,35-36H2,1-2H3/b30-23-. The number of rotatable bonds is 11. The van der Waals surface area contributed by atoms with E-state index in [-0.39, 0.29) is 12.1 Å². The Morgan fingerprint density at radius 3 is 2.36 bits per heavy atom. The second-order valence-electron chi connectivity index (χ2n) is 11.1. The van der Waals surface area contributed by atoms with Gasteiger partial charge in [0.1, 0.15) is 11.4 Å². The fourth-order valence-corrected chi connectivity index (χ4v) is 5.50. The molecule has 4 aromatic rings. The number of hydrazine groups is 1. The highest BCUT2D eigenvalue weighted by Crippen LogP contribution is 2.32. The van der Waals surface area contributed by atoms with Crippen LogP contribution in [0.5, 0.6) is 5.75 Å². The Morgan fingerprint density at radius 1 is 1.00 bits per heavy atom. The number of likely N-dealkylation sites (tertiary alicyclic amines) is 1. The number of nitrogens with two attached hydrogens (primary N) is 2. The third-order valence-electron chi connectivity index (χ3n) is 7.77. The third-order valence-corrected chi connectivity index (χ3v) is 7.77.